The van der Waals surface area contributed by atoms with Gasteiger partial charge >= 0.3 is 5.97 Å². The molecule has 0 aliphatic heterocycles. The second kappa shape index (κ2) is 11.0. The Bertz CT molecular complexity index is 1690. The molecule has 5 aromatic rings. The summed E-state index contributed by atoms with van der Waals surface area (Å²) in [5, 5.41) is 33.6. The molecule has 39 heavy (non-hydrogen) atoms. The second-order valence-corrected chi connectivity index (χ2v) is 9.71. The van der Waals surface area contributed by atoms with Gasteiger partial charge in [0.15, 0.2) is 0 Å². The van der Waals surface area contributed by atoms with Crippen LogP contribution in [-0.2, 0) is 13.1 Å². The molecule has 194 valence electrons. The highest BCUT2D eigenvalue weighted by Crippen LogP contribution is 2.30. The third-order valence-electron chi connectivity index (χ3n) is 7.32. The number of aliphatic hydroxyl groups is 1. The quantitative estimate of drug-likeness (QED) is 0.210. The van der Waals surface area contributed by atoms with Crippen LogP contribution in [0.1, 0.15) is 50.1 Å². The van der Waals surface area contributed by atoms with E-state index >= 15 is 0 Å². The van der Waals surface area contributed by atoms with Crippen molar-refractivity contribution in [1.29, 1.82) is 5.26 Å². The van der Waals surface area contributed by atoms with Crippen molar-refractivity contribution in [1.82, 2.24) is 9.88 Å². The molecule has 6 heteroatoms. The van der Waals surface area contributed by atoms with E-state index in [2.05, 4.69) is 35.9 Å². The van der Waals surface area contributed by atoms with Crippen molar-refractivity contribution in [2.75, 3.05) is 0 Å². The van der Waals surface area contributed by atoms with Gasteiger partial charge in [-0.3, -0.25) is 5.32 Å². The van der Waals surface area contributed by atoms with E-state index in [1.165, 1.54) is 0 Å². The van der Waals surface area contributed by atoms with Crippen LogP contribution in [0, 0.1) is 25.2 Å². The smallest absolute Gasteiger partial charge is 0.336 e. The fourth-order valence-corrected chi connectivity index (χ4v) is 4.96. The zero-order valence-electron chi connectivity index (χ0n) is 21.8. The van der Waals surface area contributed by atoms with Gasteiger partial charge in [-0.25, -0.2) is 4.79 Å². The SMILES string of the molecule is Cc1c(C)n(Cc2ccc(-c3ccccc3C(=O)O)cc2)c2ccc(C(O)NCc3ccc(C#N)cc3)cc12. The Morgan fingerprint density at radius 3 is 2.33 bits per heavy atom. The second-order valence-electron chi connectivity index (χ2n) is 9.71. The molecule has 0 fully saturated rings. The molecule has 0 radical (unpaired) electrons. The first kappa shape index (κ1) is 25.9. The molecule has 0 spiro atoms. The Morgan fingerprint density at radius 2 is 1.64 bits per heavy atom. The van der Waals surface area contributed by atoms with E-state index in [0.29, 0.717) is 24.2 Å². The number of carboxylic acids is 1. The highest BCUT2D eigenvalue weighted by molar-refractivity contribution is 5.96. The first-order valence-corrected chi connectivity index (χ1v) is 12.8. The molecule has 1 heterocycles. The van der Waals surface area contributed by atoms with Gasteiger partial charge in [0, 0.05) is 29.7 Å². The number of hydrogen-bond donors (Lipinski definition) is 3. The number of hydrogen-bond acceptors (Lipinski definition) is 4. The van der Waals surface area contributed by atoms with Crippen LogP contribution in [0.15, 0.2) is 91.0 Å². The topological polar surface area (TPSA) is 98.3 Å². The monoisotopic (exact) mass is 515 g/mol. The minimum Gasteiger partial charge on any atom is -0.478 e. The fourth-order valence-electron chi connectivity index (χ4n) is 4.96. The van der Waals surface area contributed by atoms with Crippen molar-refractivity contribution in [3.8, 4) is 17.2 Å². The van der Waals surface area contributed by atoms with E-state index < -0.39 is 12.2 Å². The molecule has 0 saturated carbocycles. The number of nitriles is 1. The fraction of sp³-hybridized carbons (Fsp3) is 0.152. The Morgan fingerprint density at radius 1 is 0.949 bits per heavy atom. The van der Waals surface area contributed by atoms with Crippen LogP contribution in [0.4, 0.5) is 0 Å². The number of rotatable bonds is 8. The summed E-state index contributed by atoms with van der Waals surface area (Å²) in [7, 11) is 0. The van der Waals surface area contributed by atoms with Gasteiger partial charge in [0.05, 0.1) is 17.2 Å². The maximum Gasteiger partial charge on any atom is 0.336 e. The molecule has 3 N–H and O–H groups in total. The molecule has 0 aliphatic carbocycles. The summed E-state index contributed by atoms with van der Waals surface area (Å²) >= 11 is 0. The molecule has 4 aromatic carbocycles. The molecule has 1 unspecified atom stereocenters. The Hall–Kier alpha value is -4.70. The average Bonchev–Trinajstić information content (AvgIpc) is 3.20. The molecule has 1 atom stereocenters. The molecule has 0 bridgehead atoms. The predicted molar refractivity (Wildman–Crippen MR) is 152 cm³/mol. The highest BCUT2D eigenvalue weighted by Gasteiger charge is 2.15. The summed E-state index contributed by atoms with van der Waals surface area (Å²) in [6.45, 7) is 5.36. The number of carbonyl (C=O) groups is 1. The van der Waals surface area contributed by atoms with E-state index in [0.717, 1.165) is 44.4 Å². The van der Waals surface area contributed by atoms with Gasteiger partial charge in [-0.1, -0.05) is 60.7 Å². The molecule has 1 aromatic heterocycles. The van der Waals surface area contributed by atoms with Crippen molar-refractivity contribution >= 4 is 16.9 Å². The lowest BCUT2D eigenvalue weighted by molar-refractivity contribution is 0.0697. The highest BCUT2D eigenvalue weighted by atomic mass is 16.4. The van der Waals surface area contributed by atoms with Crippen LogP contribution >= 0.6 is 0 Å². The van der Waals surface area contributed by atoms with Crippen LogP contribution in [0.3, 0.4) is 0 Å². The summed E-state index contributed by atoms with van der Waals surface area (Å²) in [5.41, 5.74) is 8.77. The lowest BCUT2D eigenvalue weighted by Crippen LogP contribution is -2.20. The van der Waals surface area contributed by atoms with Crippen molar-refractivity contribution in [3.63, 3.8) is 0 Å². The number of aromatic nitrogens is 1. The Balaban J connectivity index is 1.35. The summed E-state index contributed by atoms with van der Waals surface area (Å²) in [4.78, 5) is 11.6. The van der Waals surface area contributed by atoms with E-state index in [9.17, 15) is 15.0 Å². The molecular formula is C33H29N3O3. The lowest BCUT2D eigenvalue weighted by atomic mass is 9.99. The van der Waals surface area contributed by atoms with Gasteiger partial charge in [0.2, 0.25) is 0 Å². The number of nitrogens with zero attached hydrogens (tertiary/aromatic N) is 2. The minimum absolute atomic E-state index is 0.289. The summed E-state index contributed by atoms with van der Waals surface area (Å²) in [6, 6.07) is 30.5. The Labute approximate surface area is 227 Å². The zero-order chi connectivity index (χ0) is 27.5. The van der Waals surface area contributed by atoms with Crippen LogP contribution in [0.2, 0.25) is 0 Å². The number of aromatic carboxylic acids is 1. The number of aryl methyl sites for hydroxylation is 1. The average molecular weight is 516 g/mol. The van der Waals surface area contributed by atoms with E-state index in [1.54, 1.807) is 24.3 Å². The number of fused-ring (bicyclic) bond motifs is 1. The van der Waals surface area contributed by atoms with Crippen molar-refractivity contribution in [2.45, 2.75) is 33.2 Å². The van der Waals surface area contributed by atoms with Gasteiger partial charge in [0.1, 0.15) is 6.23 Å². The molecular weight excluding hydrogens is 486 g/mol. The van der Waals surface area contributed by atoms with E-state index in [4.69, 9.17) is 5.26 Å². The normalized spacial score (nSPS) is 11.8. The number of carboxylic acid groups (broad SMARTS) is 1. The maximum absolute atomic E-state index is 11.6. The zero-order valence-corrected chi connectivity index (χ0v) is 21.8. The van der Waals surface area contributed by atoms with Crippen molar-refractivity contribution in [3.05, 3.63) is 130 Å². The molecule has 6 nitrogen and oxygen atoms in total. The summed E-state index contributed by atoms with van der Waals surface area (Å²) < 4.78 is 2.27. The minimum atomic E-state index is -0.937. The molecule has 5 rings (SSSR count). The number of benzene rings is 4. The van der Waals surface area contributed by atoms with Crippen molar-refractivity contribution in [2.24, 2.45) is 0 Å². The van der Waals surface area contributed by atoms with Gasteiger partial charge < -0.3 is 14.8 Å². The first-order chi connectivity index (χ1) is 18.9. The largest absolute Gasteiger partial charge is 0.478 e. The lowest BCUT2D eigenvalue weighted by Gasteiger charge is -2.14. The van der Waals surface area contributed by atoms with Crippen LogP contribution in [0.25, 0.3) is 22.0 Å². The molecule has 0 amide bonds. The van der Waals surface area contributed by atoms with Crippen molar-refractivity contribution < 1.29 is 15.0 Å². The Kier molecular flexibility index (Phi) is 7.29. The van der Waals surface area contributed by atoms with Crippen LogP contribution in [-0.4, -0.2) is 20.7 Å². The maximum atomic E-state index is 11.6. The van der Waals surface area contributed by atoms with E-state index in [1.807, 2.05) is 60.7 Å². The third-order valence-corrected chi connectivity index (χ3v) is 7.32. The molecule has 0 aliphatic rings. The van der Waals surface area contributed by atoms with Gasteiger partial charge in [0.25, 0.3) is 0 Å². The summed E-state index contributed by atoms with van der Waals surface area (Å²) in [5.74, 6) is -0.937. The predicted octanol–water partition coefficient (Wildman–Crippen LogP) is 6.32. The number of nitrogens with one attached hydrogen (secondary N) is 1. The summed E-state index contributed by atoms with van der Waals surface area (Å²) in [6.07, 6.45) is -0.825. The number of aliphatic hydroxyl groups excluding tert-OH is 1. The van der Waals surface area contributed by atoms with E-state index in [-0.39, 0.29) is 5.56 Å². The van der Waals surface area contributed by atoms with Crippen LogP contribution in [0.5, 0.6) is 0 Å². The standard InChI is InChI=1S/C33H29N3O3/c1-21-22(2)36(20-25-11-13-26(14-12-25)28-5-3-4-6-29(28)33(38)39)31-16-15-27(17-30(21)31)32(37)35-19-24-9-7-23(18-34)8-10-24/h3-17,32,35,37H,19-20H2,1-2H3,(H,38,39). The first-order valence-electron chi connectivity index (χ1n) is 12.8. The van der Waals surface area contributed by atoms with Gasteiger partial charge in [-0.05, 0) is 77.6 Å². The van der Waals surface area contributed by atoms with Gasteiger partial charge in [-0.2, -0.15) is 5.26 Å². The third kappa shape index (κ3) is 5.32. The van der Waals surface area contributed by atoms with Gasteiger partial charge in [-0.15, -0.1) is 0 Å². The van der Waals surface area contributed by atoms with Crippen LogP contribution < -0.4 is 5.32 Å². The molecule has 0 saturated heterocycles.